The number of carbonyl (C=O) groups is 1. The van der Waals surface area contributed by atoms with Crippen LogP contribution in [0.2, 0.25) is 0 Å². The van der Waals surface area contributed by atoms with Gasteiger partial charge in [0.15, 0.2) is 5.78 Å². The van der Waals surface area contributed by atoms with Gasteiger partial charge >= 0.3 is 0 Å². The van der Waals surface area contributed by atoms with Gasteiger partial charge in [-0.3, -0.25) is 4.79 Å². The maximum absolute atomic E-state index is 11.9. The van der Waals surface area contributed by atoms with Crippen molar-refractivity contribution in [1.82, 2.24) is 15.2 Å². The van der Waals surface area contributed by atoms with E-state index in [0.29, 0.717) is 16.8 Å². The number of H-pyrrole nitrogens is 1. The molecule has 1 aromatic carbocycles. The zero-order chi connectivity index (χ0) is 17.2. The molecule has 0 radical (unpaired) electrons. The standard InChI is InChI=1S/C18H19N3O2S/c1-18(2,3)13-8-6-12(7-9-13)16-20-21-17(23-16)24-11-15(22)14-5-4-10-19-14/h4-10,19H,11H2,1-3H3. The van der Waals surface area contributed by atoms with Crippen molar-refractivity contribution in [3.63, 3.8) is 0 Å². The summed E-state index contributed by atoms with van der Waals surface area (Å²) in [6.45, 7) is 6.51. The molecule has 0 spiro atoms. The lowest BCUT2D eigenvalue weighted by Crippen LogP contribution is -2.10. The minimum Gasteiger partial charge on any atom is -0.411 e. The van der Waals surface area contributed by atoms with Gasteiger partial charge in [0, 0.05) is 11.8 Å². The predicted molar refractivity (Wildman–Crippen MR) is 94.3 cm³/mol. The van der Waals surface area contributed by atoms with Gasteiger partial charge in [-0.1, -0.05) is 44.7 Å². The van der Waals surface area contributed by atoms with E-state index in [4.69, 9.17) is 4.42 Å². The molecule has 0 bridgehead atoms. The van der Waals surface area contributed by atoms with Crippen LogP contribution in [0.15, 0.2) is 52.2 Å². The van der Waals surface area contributed by atoms with E-state index >= 15 is 0 Å². The molecular weight excluding hydrogens is 322 g/mol. The average Bonchev–Trinajstić information content (AvgIpc) is 3.23. The van der Waals surface area contributed by atoms with Gasteiger partial charge in [-0.25, -0.2) is 0 Å². The van der Waals surface area contributed by atoms with Crippen LogP contribution in [0.3, 0.4) is 0 Å². The van der Waals surface area contributed by atoms with Crippen molar-refractivity contribution in [3.05, 3.63) is 53.9 Å². The third kappa shape index (κ3) is 3.76. The van der Waals surface area contributed by atoms with Crippen molar-refractivity contribution in [2.24, 2.45) is 0 Å². The molecule has 1 N–H and O–H groups in total. The third-order valence-electron chi connectivity index (χ3n) is 3.63. The van der Waals surface area contributed by atoms with E-state index in [1.165, 1.54) is 17.3 Å². The largest absolute Gasteiger partial charge is 0.411 e. The molecule has 124 valence electrons. The van der Waals surface area contributed by atoms with Gasteiger partial charge in [-0.2, -0.15) is 0 Å². The number of rotatable bonds is 5. The van der Waals surface area contributed by atoms with Gasteiger partial charge in [-0.05, 0) is 35.2 Å². The second-order valence-electron chi connectivity index (χ2n) is 6.50. The molecule has 0 aliphatic carbocycles. The Bertz CT molecular complexity index is 815. The van der Waals surface area contributed by atoms with Crippen LogP contribution in [0.25, 0.3) is 11.5 Å². The van der Waals surface area contributed by atoms with Crippen LogP contribution < -0.4 is 0 Å². The molecule has 2 aromatic heterocycles. The van der Waals surface area contributed by atoms with Crippen LogP contribution in [-0.4, -0.2) is 26.7 Å². The summed E-state index contributed by atoms with van der Waals surface area (Å²) in [6.07, 6.45) is 1.73. The van der Waals surface area contributed by atoms with E-state index in [0.717, 1.165) is 5.56 Å². The van der Waals surface area contributed by atoms with Gasteiger partial charge in [0.1, 0.15) is 0 Å². The lowest BCUT2D eigenvalue weighted by Gasteiger charge is -2.18. The molecule has 0 unspecified atom stereocenters. The van der Waals surface area contributed by atoms with Gasteiger partial charge in [0.25, 0.3) is 5.22 Å². The summed E-state index contributed by atoms with van der Waals surface area (Å²) < 4.78 is 5.64. The predicted octanol–water partition coefficient (Wildman–Crippen LogP) is 4.34. The van der Waals surface area contributed by atoms with Crippen molar-refractivity contribution in [1.29, 1.82) is 0 Å². The van der Waals surface area contributed by atoms with E-state index in [2.05, 4.69) is 48.1 Å². The Balaban J connectivity index is 1.66. The number of Topliss-reactive ketones (excluding diaryl/α,β-unsaturated/α-hetero) is 1. The Labute approximate surface area is 144 Å². The molecule has 0 aliphatic rings. The van der Waals surface area contributed by atoms with Crippen LogP contribution in [0, 0.1) is 0 Å². The molecule has 6 heteroatoms. The molecule has 0 saturated heterocycles. The number of aromatic amines is 1. The van der Waals surface area contributed by atoms with Crippen LogP contribution >= 0.6 is 11.8 Å². The van der Waals surface area contributed by atoms with Gasteiger partial charge in [0.05, 0.1) is 11.4 Å². The second-order valence-corrected chi connectivity index (χ2v) is 7.42. The monoisotopic (exact) mass is 341 g/mol. The van der Waals surface area contributed by atoms with E-state index in [9.17, 15) is 4.79 Å². The summed E-state index contributed by atoms with van der Waals surface area (Å²) in [5.74, 6) is 0.718. The number of hydrogen-bond acceptors (Lipinski definition) is 5. The van der Waals surface area contributed by atoms with Crippen molar-refractivity contribution >= 4 is 17.5 Å². The van der Waals surface area contributed by atoms with E-state index in [1.807, 2.05) is 12.1 Å². The highest BCUT2D eigenvalue weighted by molar-refractivity contribution is 7.99. The zero-order valence-electron chi connectivity index (χ0n) is 13.9. The first kappa shape index (κ1) is 16.5. The number of thioether (sulfide) groups is 1. The number of hydrogen-bond donors (Lipinski definition) is 1. The number of carbonyl (C=O) groups excluding carboxylic acids is 1. The number of benzene rings is 1. The first-order chi connectivity index (χ1) is 11.4. The molecule has 2 heterocycles. The van der Waals surface area contributed by atoms with Crippen LogP contribution in [0.1, 0.15) is 36.8 Å². The number of nitrogens with one attached hydrogen (secondary N) is 1. The van der Waals surface area contributed by atoms with E-state index < -0.39 is 0 Å². The fraction of sp³-hybridized carbons (Fsp3) is 0.278. The Morgan fingerprint density at radius 1 is 1.17 bits per heavy atom. The molecule has 0 saturated carbocycles. The van der Waals surface area contributed by atoms with Crippen molar-refractivity contribution < 1.29 is 9.21 Å². The summed E-state index contributed by atoms with van der Waals surface area (Å²) in [5, 5.41) is 8.46. The van der Waals surface area contributed by atoms with Gasteiger partial charge in [-0.15, -0.1) is 10.2 Å². The second kappa shape index (κ2) is 6.65. The Morgan fingerprint density at radius 3 is 2.54 bits per heavy atom. The molecular formula is C18H19N3O2S. The highest BCUT2D eigenvalue weighted by atomic mass is 32.2. The fourth-order valence-corrected chi connectivity index (χ4v) is 2.85. The highest BCUT2D eigenvalue weighted by Crippen LogP contribution is 2.27. The SMILES string of the molecule is CC(C)(C)c1ccc(-c2nnc(SCC(=O)c3ccc[nH]3)o2)cc1. The normalized spacial score (nSPS) is 11.6. The van der Waals surface area contributed by atoms with Gasteiger partial charge < -0.3 is 9.40 Å². The summed E-state index contributed by atoms with van der Waals surface area (Å²) in [5.41, 5.74) is 2.81. The maximum atomic E-state index is 11.9. The molecule has 0 fully saturated rings. The van der Waals surface area contributed by atoms with Gasteiger partial charge in [0.2, 0.25) is 5.89 Å². The molecule has 3 aromatic rings. The molecule has 5 nitrogen and oxygen atoms in total. The Morgan fingerprint density at radius 2 is 1.92 bits per heavy atom. The van der Waals surface area contributed by atoms with Crippen molar-refractivity contribution in [3.8, 4) is 11.5 Å². The minimum absolute atomic E-state index is 0.000667. The average molecular weight is 341 g/mol. The topological polar surface area (TPSA) is 71.8 Å². The highest BCUT2D eigenvalue weighted by Gasteiger charge is 2.15. The Hall–Kier alpha value is -2.34. The Kier molecular flexibility index (Phi) is 4.57. The summed E-state index contributed by atoms with van der Waals surface area (Å²) in [4.78, 5) is 14.8. The first-order valence-electron chi connectivity index (χ1n) is 7.67. The lowest BCUT2D eigenvalue weighted by molar-refractivity contribution is 0.101. The summed E-state index contributed by atoms with van der Waals surface area (Å²) in [7, 11) is 0. The third-order valence-corrected chi connectivity index (χ3v) is 4.45. The molecule has 24 heavy (non-hydrogen) atoms. The number of ketones is 1. The smallest absolute Gasteiger partial charge is 0.277 e. The zero-order valence-corrected chi connectivity index (χ0v) is 14.7. The minimum atomic E-state index is -0.000667. The lowest BCUT2D eigenvalue weighted by atomic mass is 9.87. The first-order valence-corrected chi connectivity index (χ1v) is 8.66. The van der Waals surface area contributed by atoms with E-state index in [-0.39, 0.29) is 17.0 Å². The van der Waals surface area contributed by atoms with Crippen molar-refractivity contribution in [2.45, 2.75) is 31.4 Å². The van der Waals surface area contributed by atoms with E-state index in [1.54, 1.807) is 18.3 Å². The molecule has 0 amide bonds. The fourth-order valence-electron chi connectivity index (χ4n) is 2.21. The summed E-state index contributed by atoms with van der Waals surface area (Å²) >= 11 is 1.24. The molecule has 3 rings (SSSR count). The molecule has 0 aliphatic heterocycles. The molecule has 0 atom stereocenters. The van der Waals surface area contributed by atoms with Crippen LogP contribution in [-0.2, 0) is 5.41 Å². The maximum Gasteiger partial charge on any atom is 0.277 e. The number of nitrogens with zero attached hydrogens (tertiary/aromatic N) is 2. The van der Waals surface area contributed by atoms with Crippen LogP contribution in [0.5, 0.6) is 0 Å². The van der Waals surface area contributed by atoms with Crippen LogP contribution in [0.4, 0.5) is 0 Å². The summed E-state index contributed by atoms with van der Waals surface area (Å²) in [6, 6.07) is 11.6. The van der Waals surface area contributed by atoms with Crippen molar-refractivity contribution in [2.75, 3.05) is 5.75 Å². The quantitative estimate of drug-likeness (QED) is 0.552. The number of aromatic nitrogens is 3.